The molecule has 174 valence electrons. The maximum Gasteiger partial charge on any atom is 0.255 e. The number of carbonyl (C=O) groups is 1. The summed E-state index contributed by atoms with van der Waals surface area (Å²) in [7, 11) is 3.96. The number of nitrogens with zero attached hydrogens (tertiary/aromatic N) is 3. The molecule has 3 N–H and O–H groups in total. The number of fused-ring (bicyclic) bond motifs is 1. The zero-order chi connectivity index (χ0) is 23.5. The third-order valence-corrected chi connectivity index (χ3v) is 6.52. The molecule has 1 aliphatic rings. The van der Waals surface area contributed by atoms with E-state index in [2.05, 4.69) is 10.6 Å². The summed E-state index contributed by atoms with van der Waals surface area (Å²) in [6, 6.07) is 11.1. The Labute approximate surface area is 203 Å². The van der Waals surface area contributed by atoms with Crippen molar-refractivity contribution in [2.45, 2.75) is 31.7 Å². The van der Waals surface area contributed by atoms with Gasteiger partial charge in [-0.05, 0) is 55.9 Å². The van der Waals surface area contributed by atoms with E-state index in [1.165, 1.54) is 12.1 Å². The van der Waals surface area contributed by atoms with Crippen molar-refractivity contribution in [2.24, 2.45) is 5.92 Å². The Hall–Kier alpha value is -2.77. The minimum absolute atomic E-state index is 0.0626. The highest BCUT2D eigenvalue weighted by Crippen LogP contribution is 2.32. The van der Waals surface area contributed by atoms with E-state index >= 15 is 0 Å². The van der Waals surface area contributed by atoms with Gasteiger partial charge in [-0.1, -0.05) is 35.3 Å². The third kappa shape index (κ3) is 5.42. The second kappa shape index (κ2) is 10.0. The second-order valence-electron chi connectivity index (χ2n) is 8.64. The molecule has 0 saturated heterocycles. The van der Waals surface area contributed by atoms with Crippen molar-refractivity contribution in [1.29, 1.82) is 0 Å². The molecule has 9 heteroatoms. The average molecular weight is 488 g/mol. The van der Waals surface area contributed by atoms with E-state index in [4.69, 9.17) is 33.2 Å². The molecule has 7 nitrogen and oxygen atoms in total. The molecule has 0 unspecified atom stereocenters. The van der Waals surface area contributed by atoms with Crippen molar-refractivity contribution < 1.29 is 9.90 Å². The highest BCUT2D eigenvalue weighted by Gasteiger charge is 2.23. The lowest BCUT2D eigenvalue weighted by molar-refractivity contribution is 0.0940. The van der Waals surface area contributed by atoms with Gasteiger partial charge in [0.05, 0.1) is 16.1 Å². The molecule has 3 aromatic rings. The summed E-state index contributed by atoms with van der Waals surface area (Å²) in [4.78, 5) is 23.9. The van der Waals surface area contributed by atoms with Crippen LogP contribution >= 0.6 is 23.2 Å². The molecule has 0 spiro atoms. The number of rotatable bonds is 6. The molecule has 1 heterocycles. The lowest BCUT2D eigenvalue weighted by Crippen LogP contribution is -2.34. The molecule has 0 atom stereocenters. The highest BCUT2D eigenvalue weighted by atomic mass is 35.5. The number of aromatic hydroxyl groups is 1. The maximum absolute atomic E-state index is 12.5. The number of anilines is 2. The van der Waals surface area contributed by atoms with Crippen molar-refractivity contribution >= 4 is 51.8 Å². The fourth-order valence-corrected chi connectivity index (χ4v) is 4.72. The standard InChI is InChI=1S/C24H27Cl2N5O2/c1-31(2)22-17-5-3-4-6-20(17)29-24(30-22)28-16-9-7-14(8-10-16)13-27-23(33)18-11-15(25)12-19(26)21(18)32/h3-6,11-12,14,16,32H,7-10,13H2,1-2H3,(H,27,33)(H,28,29,30)/t14-,16+. The van der Waals surface area contributed by atoms with Gasteiger partial charge in [0.2, 0.25) is 5.95 Å². The molecule has 0 aliphatic heterocycles. The predicted octanol–water partition coefficient (Wildman–Crippen LogP) is 5.11. The number of phenolic OH excluding ortho intramolecular Hbond substituents is 1. The summed E-state index contributed by atoms with van der Waals surface area (Å²) < 4.78 is 0. The van der Waals surface area contributed by atoms with Gasteiger partial charge >= 0.3 is 0 Å². The molecule has 4 rings (SSSR count). The largest absolute Gasteiger partial charge is 0.506 e. The SMILES string of the molecule is CN(C)c1nc(N[C@H]2CC[C@@H](CNC(=O)c3cc(Cl)cc(Cl)c3O)CC2)nc2ccccc12. The van der Waals surface area contributed by atoms with Crippen LogP contribution in [0.25, 0.3) is 10.9 Å². The number of hydrogen-bond donors (Lipinski definition) is 3. The van der Waals surface area contributed by atoms with Crippen LogP contribution in [-0.2, 0) is 0 Å². The Bertz CT molecular complexity index is 1160. The summed E-state index contributed by atoms with van der Waals surface area (Å²) in [5.74, 6) is 1.27. The van der Waals surface area contributed by atoms with E-state index in [1.54, 1.807) is 0 Å². The predicted molar refractivity (Wildman–Crippen MR) is 134 cm³/mol. The minimum Gasteiger partial charge on any atom is -0.506 e. The Kier molecular flexibility index (Phi) is 7.10. The monoisotopic (exact) mass is 487 g/mol. The Balaban J connectivity index is 1.33. The summed E-state index contributed by atoms with van der Waals surface area (Å²) in [6.45, 7) is 0.534. The van der Waals surface area contributed by atoms with Crippen molar-refractivity contribution in [1.82, 2.24) is 15.3 Å². The van der Waals surface area contributed by atoms with Crippen molar-refractivity contribution in [3.63, 3.8) is 0 Å². The van der Waals surface area contributed by atoms with E-state index in [0.717, 1.165) is 42.4 Å². The summed E-state index contributed by atoms with van der Waals surface area (Å²) in [5, 5.41) is 17.9. The van der Waals surface area contributed by atoms with Gasteiger partial charge in [0.15, 0.2) is 0 Å². The lowest BCUT2D eigenvalue weighted by atomic mass is 9.86. The van der Waals surface area contributed by atoms with Crippen LogP contribution in [0.15, 0.2) is 36.4 Å². The number of phenols is 1. The van der Waals surface area contributed by atoms with Gasteiger partial charge in [-0.15, -0.1) is 0 Å². The van der Waals surface area contributed by atoms with Gasteiger partial charge in [0.25, 0.3) is 5.91 Å². The van der Waals surface area contributed by atoms with Crippen LogP contribution in [0.4, 0.5) is 11.8 Å². The van der Waals surface area contributed by atoms with Crippen LogP contribution in [0.3, 0.4) is 0 Å². The molecule has 0 radical (unpaired) electrons. The number of aromatic nitrogens is 2. The molecule has 1 aliphatic carbocycles. The summed E-state index contributed by atoms with van der Waals surface area (Å²) in [5.41, 5.74) is 1.01. The average Bonchev–Trinajstić information content (AvgIpc) is 2.80. The van der Waals surface area contributed by atoms with E-state index in [0.29, 0.717) is 23.4 Å². The van der Waals surface area contributed by atoms with Gasteiger partial charge in [-0.3, -0.25) is 4.79 Å². The number of amides is 1. The fraction of sp³-hybridized carbons (Fsp3) is 0.375. The van der Waals surface area contributed by atoms with E-state index in [-0.39, 0.29) is 28.3 Å². The number of para-hydroxylation sites is 1. The normalized spacial score (nSPS) is 18.2. The first-order chi connectivity index (χ1) is 15.8. The molecule has 2 aromatic carbocycles. The van der Waals surface area contributed by atoms with Crippen LogP contribution in [0.2, 0.25) is 10.0 Å². The number of halogens is 2. The van der Waals surface area contributed by atoms with Crippen LogP contribution < -0.4 is 15.5 Å². The number of carbonyl (C=O) groups excluding carboxylic acids is 1. The zero-order valence-corrected chi connectivity index (χ0v) is 20.1. The molecule has 33 heavy (non-hydrogen) atoms. The minimum atomic E-state index is -0.377. The quantitative estimate of drug-likeness (QED) is 0.447. The Morgan fingerprint density at radius 2 is 1.85 bits per heavy atom. The van der Waals surface area contributed by atoms with Crippen LogP contribution in [-0.4, -0.2) is 47.7 Å². The lowest BCUT2D eigenvalue weighted by Gasteiger charge is -2.29. The smallest absolute Gasteiger partial charge is 0.255 e. The van der Waals surface area contributed by atoms with Gasteiger partial charge in [-0.2, -0.15) is 4.98 Å². The molecular weight excluding hydrogens is 461 g/mol. The van der Waals surface area contributed by atoms with Gasteiger partial charge in [-0.25, -0.2) is 4.98 Å². The highest BCUT2D eigenvalue weighted by molar-refractivity contribution is 6.36. The molecule has 1 saturated carbocycles. The van der Waals surface area contributed by atoms with E-state index in [9.17, 15) is 9.90 Å². The first kappa shape index (κ1) is 23.4. The number of nitrogens with one attached hydrogen (secondary N) is 2. The van der Waals surface area contributed by atoms with Crippen molar-refractivity contribution in [2.75, 3.05) is 30.9 Å². The van der Waals surface area contributed by atoms with Crippen molar-refractivity contribution in [3.05, 3.63) is 52.0 Å². The zero-order valence-electron chi connectivity index (χ0n) is 18.6. The molecule has 1 fully saturated rings. The fourth-order valence-electron chi connectivity index (χ4n) is 4.23. The first-order valence-electron chi connectivity index (χ1n) is 11.0. The molecule has 0 bridgehead atoms. The van der Waals surface area contributed by atoms with Gasteiger partial charge < -0.3 is 20.6 Å². The van der Waals surface area contributed by atoms with Gasteiger partial charge in [0, 0.05) is 37.1 Å². The Morgan fingerprint density at radius 1 is 1.12 bits per heavy atom. The van der Waals surface area contributed by atoms with Crippen LogP contribution in [0.1, 0.15) is 36.0 Å². The van der Waals surface area contributed by atoms with E-state index in [1.807, 2.05) is 43.3 Å². The molecule has 1 amide bonds. The van der Waals surface area contributed by atoms with Crippen LogP contribution in [0.5, 0.6) is 5.75 Å². The van der Waals surface area contributed by atoms with Crippen molar-refractivity contribution in [3.8, 4) is 5.75 Å². The third-order valence-electron chi connectivity index (χ3n) is 6.01. The maximum atomic E-state index is 12.5. The van der Waals surface area contributed by atoms with Gasteiger partial charge in [0.1, 0.15) is 11.6 Å². The summed E-state index contributed by atoms with van der Waals surface area (Å²) >= 11 is 11.9. The first-order valence-corrected chi connectivity index (χ1v) is 11.7. The Morgan fingerprint density at radius 3 is 2.58 bits per heavy atom. The second-order valence-corrected chi connectivity index (χ2v) is 9.48. The molecule has 1 aromatic heterocycles. The van der Waals surface area contributed by atoms with E-state index < -0.39 is 0 Å². The number of hydrogen-bond acceptors (Lipinski definition) is 6. The molecular formula is C24H27Cl2N5O2. The van der Waals surface area contributed by atoms with Crippen LogP contribution in [0, 0.1) is 5.92 Å². The summed E-state index contributed by atoms with van der Waals surface area (Å²) in [6.07, 6.45) is 3.85. The topological polar surface area (TPSA) is 90.4 Å². The number of benzene rings is 2.